The van der Waals surface area contributed by atoms with Gasteiger partial charge in [0, 0.05) is 0 Å². The molecule has 1 atom stereocenters. The highest BCUT2D eigenvalue weighted by Crippen LogP contribution is 1.91. The van der Waals surface area contributed by atoms with E-state index in [1.807, 2.05) is 0 Å². The van der Waals surface area contributed by atoms with Crippen molar-refractivity contribution >= 4 is 6.16 Å². The summed E-state index contributed by atoms with van der Waals surface area (Å²) >= 11 is 0. The summed E-state index contributed by atoms with van der Waals surface area (Å²) in [6.07, 6.45) is -0.151. The van der Waals surface area contributed by atoms with Gasteiger partial charge in [0.15, 0.2) is 0 Å². The van der Waals surface area contributed by atoms with Crippen LogP contribution in [0.2, 0.25) is 0 Å². The summed E-state index contributed by atoms with van der Waals surface area (Å²) in [7, 11) is 0. The number of rotatable bonds is 6. The molecule has 0 saturated carbocycles. The highest BCUT2D eigenvalue weighted by molar-refractivity contribution is 5.53. The Bertz CT molecular complexity index is 143. The Morgan fingerprint density at radius 2 is 2.00 bits per heavy atom. The van der Waals surface area contributed by atoms with Crippen LogP contribution in [0.1, 0.15) is 6.42 Å². The number of carboxylic acid groups (broad SMARTS) is 2. The maximum atomic E-state index is 9.00. The maximum Gasteiger partial charge on any atom is 0.503 e. The number of carbonyl (C=O) groups is 1. The van der Waals surface area contributed by atoms with E-state index >= 15 is 0 Å². The fraction of sp³-hybridized carbons (Fsp3) is 0.625. The Balaban J connectivity index is 0. The number of hydrogen-bond acceptors (Lipinski definition) is 4. The molecule has 0 radical (unpaired) electrons. The van der Waals surface area contributed by atoms with Gasteiger partial charge < -0.3 is 25.2 Å². The molecule has 0 aromatic heterocycles. The predicted molar refractivity (Wildman–Crippen MR) is 49.4 cm³/mol. The summed E-state index contributed by atoms with van der Waals surface area (Å²) in [5.74, 6) is 0. The van der Waals surface area contributed by atoms with E-state index in [9.17, 15) is 0 Å². The molecular formula is C8H16O6. The molecule has 0 aromatic carbocycles. The molecule has 6 heteroatoms. The normalized spacial score (nSPS) is 11.0. The number of aliphatic hydroxyl groups is 2. The molecule has 0 aliphatic carbocycles. The van der Waals surface area contributed by atoms with E-state index in [1.54, 1.807) is 6.08 Å². The molecule has 0 heterocycles. The zero-order valence-electron chi connectivity index (χ0n) is 7.80. The SMILES string of the molecule is C=CCC(O)COCCO.O=C(O)O. The van der Waals surface area contributed by atoms with Crippen molar-refractivity contribution in [2.75, 3.05) is 19.8 Å². The van der Waals surface area contributed by atoms with E-state index in [0.717, 1.165) is 0 Å². The van der Waals surface area contributed by atoms with Crippen LogP contribution in [-0.4, -0.2) is 52.5 Å². The second kappa shape index (κ2) is 11.9. The lowest BCUT2D eigenvalue weighted by Crippen LogP contribution is -2.15. The molecule has 0 aliphatic rings. The molecule has 1 unspecified atom stereocenters. The van der Waals surface area contributed by atoms with Crippen molar-refractivity contribution < 1.29 is 30.0 Å². The molecule has 0 amide bonds. The molecule has 0 spiro atoms. The Labute approximate surface area is 82.1 Å². The van der Waals surface area contributed by atoms with E-state index in [1.165, 1.54) is 0 Å². The van der Waals surface area contributed by atoms with Crippen LogP contribution in [0.4, 0.5) is 4.79 Å². The highest BCUT2D eigenvalue weighted by Gasteiger charge is 1.99. The average molecular weight is 208 g/mol. The van der Waals surface area contributed by atoms with Crippen LogP contribution < -0.4 is 0 Å². The van der Waals surface area contributed by atoms with E-state index in [4.69, 9.17) is 30.0 Å². The van der Waals surface area contributed by atoms with Gasteiger partial charge in [0.1, 0.15) is 0 Å². The van der Waals surface area contributed by atoms with Crippen LogP contribution in [0.15, 0.2) is 12.7 Å². The van der Waals surface area contributed by atoms with Gasteiger partial charge in [0.2, 0.25) is 0 Å². The van der Waals surface area contributed by atoms with Crippen LogP contribution in [-0.2, 0) is 4.74 Å². The van der Waals surface area contributed by atoms with Crippen LogP contribution in [0.3, 0.4) is 0 Å². The first-order valence-electron chi connectivity index (χ1n) is 3.94. The lowest BCUT2D eigenvalue weighted by atomic mass is 10.3. The minimum absolute atomic E-state index is 0.000803. The fourth-order valence-corrected chi connectivity index (χ4v) is 0.544. The zero-order chi connectivity index (χ0) is 11.4. The van der Waals surface area contributed by atoms with Crippen molar-refractivity contribution in [1.29, 1.82) is 0 Å². The Morgan fingerprint density at radius 1 is 1.50 bits per heavy atom. The summed E-state index contributed by atoms with van der Waals surface area (Å²) in [5.41, 5.74) is 0. The molecule has 4 N–H and O–H groups in total. The molecule has 6 nitrogen and oxygen atoms in total. The zero-order valence-corrected chi connectivity index (χ0v) is 7.80. The summed E-state index contributed by atoms with van der Waals surface area (Å²) in [5, 5.41) is 31.2. The molecule has 0 rings (SSSR count). The quantitative estimate of drug-likeness (QED) is 0.365. The Morgan fingerprint density at radius 3 is 2.36 bits per heavy atom. The third kappa shape index (κ3) is 22.4. The summed E-state index contributed by atoms with van der Waals surface area (Å²) in [6.45, 7) is 4.02. The monoisotopic (exact) mass is 208 g/mol. The lowest BCUT2D eigenvalue weighted by molar-refractivity contribution is 0.0229. The van der Waals surface area contributed by atoms with Crippen molar-refractivity contribution in [3.8, 4) is 0 Å². The van der Waals surface area contributed by atoms with Gasteiger partial charge >= 0.3 is 6.16 Å². The molecule has 14 heavy (non-hydrogen) atoms. The third-order valence-corrected chi connectivity index (χ3v) is 0.985. The molecule has 0 saturated heterocycles. The van der Waals surface area contributed by atoms with Gasteiger partial charge in [-0.1, -0.05) is 6.08 Å². The molecule has 0 bridgehead atoms. The van der Waals surface area contributed by atoms with Crippen LogP contribution >= 0.6 is 0 Å². The maximum absolute atomic E-state index is 9.00. The summed E-state index contributed by atoms with van der Waals surface area (Å²) < 4.78 is 4.85. The van der Waals surface area contributed by atoms with Gasteiger partial charge in [-0.2, -0.15) is 0 Å². The second-order valence-electron chi connectivity index (χ2n) is 2.26. The van der Waals surface area contributed by atoms with Crippen LogP contribution in [0.25, 0.3) is 0 Å². The molecular weight excluding hydrogens is 192 g/mol. The van der Waals surface area contributed by atoms with E-state index in [0.29, 0.717) is 6.42 Å². The first-order valence-corrected chi connectivity index (χ1v) is 3.94. The van der Waals surface area contributed by atoms with Gasteiger partial charge in [-0.3, -0.25) is 0 Å². The summed E-state index contributed by atoms with van der Waals surface area (Å²) in [6, 6.07) is 0. The van der Waals surface area contributed by atoms with Crippen molar-refractivity contribution in [2.24, 2.45) is 0 Å². The molecule has 84 valence electrons. The standard InChI is InChI=1S/C7H14O3.CH2O3/c1-2-3-7(9)6-10-5-4-8;2-1(3)4/h2,7-9H,1,3-6H2;(H2,2,3,4). The third-order valence-electron chi connectivity index (χ3n) is 0.985. The van der Waals surface area contributed by atoms with Crippen LogP contribution in [0.5, 0.6) is 0 Å². The Kier molecular flexibility index (Phi) is 13.1. The smallest absolute Gasteiger partial charge is 0.450 e. The second-order valence-corrected chi connectivity index (χ2v) is 2.26. The molecule has 0 aliphatic heterocycles. The lowest BCUT2D eigenvalue weighted by Gasteiger charge is -2.06. The Hall–Kier alpha value is -1.11. The number of aliphatic hydroxyl groups excluding tert-OH is 2. The summed E-state index contributed by atoms with van der Waals surface area (Å²) in [4.78, 5) is 8.56. The average Bonchev–Trinajstić information content (AvgIpc) is 2.04. The minimum atomic E-state index is -1.83. The van der Waals surface area contributed by atoms with Gasteiger partial charge in [0.25, 0.3) is 0 Å². The van der Waals surface area contributed by atoms with Gasteiger partial charge in [0.05, 0.1) is 25.9 Å². The molecule has 0 aromatic rings. The first kappa shape index (κ1) is 15.4. The molecule has 0 fully saturated rings. The number of ether oxygens (including phenoxy) is 1. The number of hydrogen-bond donors (Lipinski definition) is 4. The fourth-order valence-electron chi connectivity index (χ4n) is 0.544. The largest absolute Gasteiger partial charge is 0.503 e. The van der Waals surface area contributed by atoms with E-state index in [-0.39, 0.29) is 19.8 Å². The van der Waals surface area contributed by atoms with Gasteiger partial charge in [-0.05, 0) is 6.42 Å². The van der Waals surface area contributed by atoms with Crippen molar-refractivity contribution in [3.63, 3.8) is 0 Å². The van der Waals surface area contributed by atoms with Crippen molar-refractivity contribution in [1.82, 2.24) is 0 Å². The van der Waals surface area contributed by atoms with Gasteiger partial charge in [-0.15, -0.1) is 6.58 Å². The van der Waals surface area contributed by atoms with Crippen molar-refractivity contribution in [3.05, 3.63) is 12.7 Å². The van der Waals surface area contributed by atoms with E-state index < -0.39 is 12.3 Å². The van der Waals surface area contributed by atoms with Crippen LogP contribution in [0, 0.1) is 0 Å². The minimum Gasteiger partial charge on any atom is -0.450 e. The predicted octanol–water partition coefficient (Wildman–Crippen LogP) is 0.155. The topological polar surface area (TPSA) is 107 Å². The van der Waals surface area contributed by atoms with Crippen molar-refractivity contribution in [2.45, 2.75) is 12.5 Å². The van der Waals surface area contributed by atoms with Gasteiger partial charge in [-0.25, -0.2) is 4.79 Å². The highest BCUT2D eigenvalue weighted by atomic mass is 16.6. The first-order chi connectivity index (χ1) is 6.54. The van der Waals surface area contributed by atoms with E-state index in [2.05, 4.69) is 6.58 Å².